The van der Waals surface area contributed by atoms with Crippen molar-refractivity contribution in [3.63, 3.8) is 0 Å². The van der Waals surface area contributed by atoms with Crippen LogP contribution in [0.5, 0.6) is 0 Å². The van der Waals surface area contributed by atoms with Crippen molar-refractivity contribution in [2.75, 3.05) is 24.5 Å². The third-order valence-electron chi connectivity index (χ3n) is 4.11. The molecule has 23 heavy (non-hydrogen) atoms. The van der Waals surface area contributed by atoms with Crippen LogP contribution in [0.15, 0.2) is 16.7 Å². The van der Waals surface area contributed by atoms with Crippen molar-refractivity contribution in [3.05, 3.63) is 29.7 Å². The molecule has 1 aliphatic rings. The number of hydrogen-bond donors (Lipinski definition) is 1. The van der Waals surface area contributed by atoms with Gasteiger partial charge in [0.15, 0.2) is 0 Å². The first-order chi connectivity index (χ1) is 11.1. The number of rotatable bonds is 5. The second-order valence-electron chi connectivity index (χ2n) is 5.82. The minimum Gasteiger partial charge on any atom is -0.424 e. The largest absolute Gasteiger partial charge is 0.424 e. The van der Waals surface area contributed by atoms with Crippen molar-refractivity contribution < 1.29 is 9.52 Å². The average Bonchev–Trinajstić information content (AvgIpc) is 3.11. The summed E-state index contributed by atoms with van der Waals surface area (Å²) in [5.41, 5.74) is 0.918. The number of aryl methyl sites for hydroxylation is 2. The summed E-state index contributed by atoms with van der Waals surface area (Å²) in [6.07, 6.45) is 1.28. The first-order valence-corrected chi connectivity index (χ1v) is 7.82. The molecule has 8 nitrogen and oxygen atoms in total. The summed E-state index contributed by atoms with van der Waals surface area (Å²) in [5, 5.41) is 18.4. The van der Waals surface area contributed by atoms with E-state index >= 15 is 0 Å². The molecule has 0 unspecified atom stereocenters. The maximum atomic E-state index is 10.5. The van der Waals surface area contributed by atoms with Gasteiger partial charge in [-0.25, -0.2) is 9.97 Å². The number of β-amino-alcohol motifs (C(OH)–C–C–N with tert-alkyl or cyclic N) is 1. The van der Waals surface area contributed by atoms with Crippen LogP contribution in [0.2, 0.25) is 0 Å². The van der Waals surface area contributed by atoms with E-state index in [-0.39, 0.29) is 6.04 Å². The summed E-state index contributed by atoms with van der Waals surface area (Å²) in [5.74, 6) is 1.79. The molecule has 0 radical (unpaired) electrons. The molecule has 3 rings (SSSR count). The topological polar surface area (TPSA) is 91.4 Å². The maximum Gasteiger partial charge on any atom is 0.230 e. The molecular formula is C15H22N6O2. The first kappa shape index (κ1) is 15.8. The number of nitrogens with zero attached hydrogens (tertiary/aromatic N) is 6. The number of hydrogen-bond acceptors (Lipinski definition) is 8. The van der Waals surface area contributed by atoms with E-state index in [0.717, 1.165) is 12.2 Å². The first-order valence-electron chi connectivity index (χ1n) is 7.82. The van der Waals surface area contributed by atoms with E-state index in [1.165, 1.54) is 0 Å². The summed E-state index contributed by atoms with van der Waals surface area (Å²) in [6.45, 7) is 8.27. The second-order valence-corrected chi connectivity index (χ2v) is 5.82. The Morgan fingerprint density at radius 2 is 2.17 bits per heavy atom. The second kappa shape index (κ2) is 6.59. The average molecular weight is 318 g/mol. The predicted molar refractivity (Wildman–Crippen MR) is 83.9 cm³/mol. The van der Waals surface area contributed by atoms with Gasteiger partial charge in [-0.1, -0.05) is 6.92 Å². The van der Waals surface area contributed by atoms with E-state index in [1.807, 2.05) is 17.9 Å². The molecule has 2 aromatic rings. The Morgan fingerprint density at radius 1 is 1.35 bits per heavy atom. The van der Waals surface area contributed by atoms with Gasteiger partial charge in [-0.2, -0.15) is 0 Å². The number of aliphatic hydroxyl groups excluding tert-OH is 1. The zero-order valence-corrected chi connectivity index (χ0v) is 13.7. The van der Waals surface area contributed by atoms with Crippen LogP contribution in [0.3, 0.4) is 0 Å². The third-order valence-corrected chi connectivity index (χ3v) is 4.11. The molecule has 2 aromatic heterocycles. The Balaban J connectivity index is 1.71. The molecule has 1 saturated heterocycles. The molecule has 0 bridgehead atoms. The lowest BCUT2D eigenvalue weighted by atomic mass is 10.2. The van der Waals surface area contributed by atoms with Gasteiger partial charge < -0.3 is 14.4 Å². The van der Waals surface area contributed by atoms with E-state index in [1.54, 1.807) is 13.1 Å². The number of aromatic nitrogens is 4. The van der Waals surface area contributed by atoms with Crippen LogP contribution in [0.25, 0.3) is 0 Å². The Labute approximate surface area is 135 Å². The minimum absolute atomic E-state index is 0.0173. The summed E-state index contributed by atoms with van der Waals surface area (Å²) in [4.78, 5) is 12.9. The van der Waals surface area contributed by atoms with Crippen LogP contribution >= 0.6 is 0 Å². The number of likely N-dealkylation sites (N-methyl/N-ethyl adjacent to an activating group) is 1. The monoisotopic (exact) mass is 318 g/mol. The van der Waals surface area contributed by atoms with Gasteiger partial charge in [0.05, 0.1) is 18.7 Å². The molecule has 3 heterocycles. The lowest BCUT2D eigenvalue weighted by molar-refractivity contribution is 0.0761. The van der Waals surface area contributed by atoms with Crippen LogP contribution in [-0.2, 0) is 6.54 Å². The molecule has 8 heteroatoms. The molecule has 0 aliphatic carbocycles. The zero-order chi connectivity index (χ0) is 16.4. The lowest BCUT2D eigenvalue weighted by Gasteiger charge is -2.27. The lowest BCUT2D eigenvalue weighted by Crippen LogP contribution is -2.42. The Kier molecular flexibility index (Phi) is 4.53. The Hall–Kier alpha value is -2.06. The van der Waals surface area contributed by atoms with Gasteiger partial charge in [-0.05, 0) is 19.5 Å². The van der Waals surface area contributed by atoms with Gasteiger partial charge in [-0.3, -0.25) is 4.90 Å². The van der Waals surface area contributed by atoms with E-state index < -0.39 is 6.10 Å². The van der Waals surface area contributed by atoms with Crippen molar-refractivity contribution >= 4 is 5.95 Å². The summed E-state index contributed by atoms with van der Waals surface area (Å²) < 4.78 is 5.45. The van der Waals surface area contributed by atoms with E-state index in [2.05, 4.69) is 32.0 Å². The zero-order valence-electron chi connectivity index (χ0n) is 13.7. The summed E-state index contributed by atoms with van der Waals surface area (Å²) >= 11 is 0. The molecule has 1 N–H and O–H groups in total. The predicted octanol–water partition coefficient (Wildman–Crippen LogP) is 0.548. The van der Waals surface area contributed by atoms with Crippen LogP contribution in [0.4, 0.5) is 5.95 Å². The maximum absolute atomic E-state index is 10.5. The molecule has 0 amide bonds. The number of anilines is 1. The standard InChI is InChI=1S/C15H22N6O2/c1-4-20(9-14-19-18-11(3)23-14)12-7-21(8-13(12)22)15-16-6-5-10(2)17-15/h5-6,12-13,22H,4,7-9H2,1-3H3/t12-,13+/m0/s1. The normalized spacial score (nSPS) is 21.3. The SMILES string of the molecule is CCN(Cc1nnc(C)o1)[C@H]1CN(c2nccc(C)n2)C[C@H]1O. The highest BCUT2D eigenvalue weighted by Crippen LogP contribution is 2.22. The smallest absolute Gasteiger partial charge is 0.230 e. The van der Waals surface area contributed by atoms with Gasteiger partial charge in [0, 0.05) is 31.9 Å². The fourth-order valence-electron chi connectivity index (χ4n) is 2.92. The highest BCUT2D eigenvalue weighted by atomic mass is 16.4. The van der Waals surface area contributed by atoms with Crippen molar-refractivity contribution in [3.8, 4) is 0 Å². The molecule has 0 saturated carbocycles. The van der Waals surface area contributed by atoms with Gasteiger partial charge in [-0.15, -0.1) is 10.2 Å². The highest BCUT2D eigenvalue weighted by Gasteiger charge is 2.36. The minimum atomic E-state index is -0.469. The van der Waals surface area contributed by atoms with Gasteiger partial charge in [0.1, 0.15) is 0 Å². The van der Waals surface area contributed by atoms with Crippen molar-refractivity contribution in [1.82, 2.24) is 25.1 Å². The van der Waals surface area contributed by atoms with Gasteiger partial charge in [0.25, 0.3) is 0 Å². The highest BCUT2D eigenvalue weighted by molar-refractivity contribution is 5.33. The van der Waals surface area contributed by atoms with Crippen molar-refractivity contribution in [2.45, 2.75) is 39.5 Å². The summed E-state index contributed by atoms with van der Waals surface area (Å²) in [6, 6.07) is 1.85. The quantitative estimate of drug-likeness (QED) is 0.854. The molecular weight excluding hydrogens is 296 g/mol. The Morgan fingerprint density at radius 3 is 2.83 bits per heavy atom. The molecule has 1 aliphatic heterocycles. The van der Waals surface area contributed by atoms with Crippen molar-refractivity contribution in [2.24, 2.45) is 0 Å². The molecule has 124 valence electrons. The molecule has 2 atom stereocenters. The van der Waals surface area contributed by atoms with E-state index in [9.17, 15) is 5.11 Å². The van der Waals surface area contributed by atoms with Crippen LogP contribution in [-0.4, -0.2) is 62.0 Å². The van der Waals surface area contributed by atoms with Crippen LogP contribution in [0, 0.1) is 13.8 Å². The third kappa shape index (κ3) is 3.48. The molecule has 0 aromatic carbocycles. The Bertz CT molecular complexity index is 661. The van der Waals surface area contributed by atoms with Crippen LogP contribution < -0.4 is 4.90 Å². The van der Waals surface area contributed by atoms with E-state index in [4.69, 9.17) is 4.42 Å². The van der Waals surface area contributed by atoms with E-state index in [0.29, 0.717) is 37.4 Å². The molecule has 0 spiro atoms. The van der Waals surface area contributed by atoms with Gasteiger partial charge in [0.2, 0.25) is 17.7 Å². The van der Waals surface area contributed by atoms with Crippen LogP contribution in [0.1, 0.15) is 24.4 Å². The number of aliphatic hydroxyl groups is 1. The van der Waals surface area contributed by atoms with Crippen molar-refractivity contribution in [1.29, 1.82) is 0 Å². The van der Waals surface area contributed by atoms with Gasteiger partial charge >= 0.3 is 0 Å². The fourth-order valence-corrected chi connectivity index (χ4v) is 2.92. The molecule has 1 fully saturated rings. The fraction of sp³-hybridized carbons (Fsp3) is 0.600. The summed E-state index contributed by atoms with van der Waals surface area (Å²) in [7, 11) is 0.